The number of aromatic nitrogens is 2. The van der Waals surface area contributed by atoms with Crippen molar-refractivity contribution in [2.45, 2.75) is 31.0 Å². The summed E-state index contributed by atoms with van der Waals surface area (Å²) < 4.78 is 25.9. The molecule has 0 spiro atoms. The molecule has 0 N–H and O–H groups in total. The second kappa shape index (κ2) is 8.81. The number of amides is 1. The molecule has 0 radical (unpaired) electrons. The molecule has 1 aromatic heterocycles. The zero-order chi connectivity index (χ0) is 21.1. The number of hydrogen-bond donors (Lipinski definition) is 0. The summed E-state index contributed by atoms with van der Waals surface area (Å²) in [5.74, 6) is 0.441. The van der Waals surface area contributed by atoms with Gasteiger partial charge in [0.05, 0.1) is 28.3 Å². The Morgan fingerprint density at radius 2 is 1.90 bits per heavy atom. The number of para-hydroxylation sites is 3. The fraction of sp³-hybridized carbons (Fsp3) is 0.364. The van der Waals surface area contributed by atoms with E-state index in [0.29, 0.717) is 13.0 Å². The molecule has 0 aliphatic carbocycles. The van der Waals surface area contributed by atoms with E-state index in [1.165, 1.54) is 11.8 Å². The lowest BCUT2D eigenvalue weighted by Gasteiger charge is -2.27. The van der Waals surface area contributed by atoms with Gasteiger partial charge in [0.25, 0.3) is 0 Å². The van der Waals surface area contributed by atoms with Crippen LogP contribution in [-0.2, 0) is 14.6 Å². The Morgan fingerprint density at radius 1 is 1.17 bits per heavy atom. The Bertz CT molecular complexity index is 1140. The number of benzene rings is 2. The van der Waals surface area contributed by atoms with Crippen LogP contribution in [0.25, 0.3) is 16.7 Å². The van der Waals surface area contributed by atoms with Crippen LogP contribution in [0, 0.1) is 0 Å². The van der Waals surface area contributed by atoms with E-state index in [4.69, 9.17) is 4.98 Å². The molecule has 1 saturated heterocycles. The molecule has 6 nitrogen and oxygen atoms in total. The molecule has 0 saturated carbocycles. The highest BCUT2D eigenvalue weighted by Crippen LogP contribution is 2.28. The molecular formula is C22H25N3O3S2. The smallest absolute Gasteiger partial charge is 0.233 e. The molecule has 8 heteroatoms. The summed E-state index contributed by atoms with van der Waals surface area (Å²) in [5.41, 5.74) is 2.86. The number of fused-ring (bicyclic) bond motifs is 1. The van der Waals surface area contributed by atoms with E-state index in [9.17, 15) is 13.2 Å². The number of sulfone groups is 1. The zero-order valence-electron chi connectivity index (χ0n) is 16.9. The molecule has 1 aliphatic heterocycles. The van der Waals surface area contributed by atoms with E-state index in [0.717, 1.165) is 28.3 Å². The molecular weight excluding hydrogens is 418 g/mol. The van der Waals surface area contributed by atoms with Crippen LogP contribution in [0.2, 0.25) is 0 Å². The van der Waals surface area contributed by atoms with Crippen molar-refractivity contribution in [3.63, 3.8) is 0 Å². The maximum absolute atomic E-state index is 13.0. The maximum Gasteiger partial charge on any atom is 0.233 e. The Labute approximate surface area is 181 Å². The standard InChI is InChI=1S/C22H25N3O3S2/c1-2-13-24(18-12-14-30(27,28)16-18)21(26)15-29-22-23-19-10-6-7-11-20(19)25(22)17-8-4-3-5-9-17/h3-11,18H,2,12-16H2,1H3/t18-/m1/s1. The first-order chi connectivity index (χ1) is 14.5. The highest BCUT2D eigenvalue weighted by Gasteiger charge is 2.34. The minimum Gasteiger partial charge on any atom is -0.338 e. The number of nitrogens with zero attached hydrogens (tertiary/aromatic N) is 3. The fourth-order valence-electron chi connectivity index (χ4n) is 3.91. The molecule has 4 rings (SSSR count). The third kappa shape index (κ3) is 4.39. The Kier molecular flexibility index (Phi) is 6.15. The molecule has 0 unspecified atom stereocenters. The highest BCUT2D eigenvalue weighted by atomic mass is 32.2. The van der Waals surface area contributed by atoms with Gasteiger partial charge >= 0.3 is 0 Å². The number of rotatable bonds is 7. The minimum absolute atomic E-state index is 0.0318. The van der Waals surface area contributed by atoms with Gasteiger partial charge in [-0.15, -0.1) is 0 Å². The number of carbonyl (C=O) groups is 1. The van der Waals surface area contributed by atoms with E-state index in [2.05, 4.69) is 4.57 Å². The molecule has 0 bridgehead atoms. The lowest BCUT2D eigenvalue weighted by Crippen LogP contribution is -2.42. The summed E-state index contributed by atoms with van der Waals surface area (Å²) in [6.45, 7) is 2.58. The van der Waals surface area contributed by atoms with E-state index in [1.807, 2.05) is 61.5 Å². The predicted octanol–water partition coefficient (Wildman–Crippen LogP) is 3.54. The average Bonchev–Trinajstić information content (AvgIpc) is 3.30. The molecule has 3 aromatic rings. The quantitative estimate of drug-likeness (QED) is 0.522. The predicted molar refractivity (Wildman–Crippen MR) is 121 cm³/mol. The number of carbonyl (C=O) groups excluding carboxylic acids is 1. The van der Waals surface area contributed by atoms with Crippen LogP contribution >= 0.6 is 11.8 Å². The van der Waals surface area contributed by atoms with Crippen LogP contribution < -0.4 is 0 Å². The van der Waals surface area contributed by atoms with Crippen molar-refractivity contribution < 1.29 is 13.2 Å². The van der Waals surface area contributed by atoms with Crippen molar-refractivity contribution in [3.05, 3.63) is 54.6 Å². The molecule has 2 heterocycles. The molecule has 30 heavy (non-hydrogen) atoms. The van der Waals surface area contributed by atoms with Gasteiger partial charge in [-0.1, -0.05) is 49.0 Å². The fourth-order valence-corrected chi connectivity index (χ4v) is 6.55. The summed E-state index contributed by atoms with van der Waals surface area (Å²) in [6.07, 6.45) is 1.33. The minimum atomic E-state index is -3.04. The summed E-state index contributed by atoms with van der Waals surface area (Å²) in [4.78, 5) is 19.5. The number of thioether (sulfide) groups is 1. The maximum atomic E-state index is 13.0. The van der Waals surface area contributed by atoms with E-state index in [1.54, 1.807) is 4.90 Å². The number of imidazole rings is 1. The second-order valence-electron chi connectivity index (χ2n) is 7.49. The third-order valence-corrected chi connectivity index (χ3v) is 7.98. The van der Waals surface area contributed by atoms with E-state index in [-0.39, 0.29) is 29.2 Å². The molecule has 1 amide bonds. The van der Waals surface area contributed by atoms with Crippen LogP contribution in [-0.4, -0.2) is 58.6 Å². The topological polar surface area (TPSA) is 72.3 Å². The van der Waals surface area contributed by atoms with Gasteiger partial charge in [-0.3, -0.25) is 9.36 Å². The van der Waals surface area contributed by atoms with Gasteiger partial charge in [0.1, 0.15) is 0 Å². The van der Waals surface area contributed by atoms with Crippen molar-refractivity contribution in [2.24, 2.45) is 0 Å². The first-order valence-corrected chi connectivity index (χ1v) is 12.9. The third-order valence-electron chi connectivity index (χ3n) is 5.30. The average molecular weight is 444 g/mol. The van der Waals surface area contributed by atoms with Gasteiger partial charge in [-0.2, -0.15) is 0 Å². The molecule has 1 fully saturated rings. The van der Waals surface area contributed by atoms with Gasteiger partial charge in [-0.05, 0) is 37.1 Å². The van der Waals surface area contributed by atoms with Gasteiger partial charge in [-0.25, -0.2) is 13.4 Å². The van der Waals surface area contributed by atoms with Crippen molar-refractivity contribution in [3.8, 4) is 5.69 Å². The van der Waals surface area contributed by atoms with Gasteiger partial charge in [0, 0.05) is 18.3 Å². The Balaban J connectivity index is 1.58. The zero-order valence-corrected chi connectivity index (χ0v) is 18.5. The van der Waals surface area contributed by atoms with Gasteiger partial charge in [0.15, 0.2) is 15.0 Å². The van der Waals surface area contributed by atoms with Gasteiger partial charge < -0.3 is 4.90 Å². The van der Waals surface area contributed by atoms with Crippen molar-refractivity contribution in [1.29, 1.82) is 0 Å². The highest BCUT2D eigenvalue weighted by molar-refractivity contribution is 7.99. The van der Waals surface area contributed by atoms with Crippen LogP contribution in [0.5, 0.6) is 0 Å². The largest absolute Gasteiger partial charge is 0.338 e. The first-order valence-electron chi connectivity index (χ1n) is 10.1. The first kappa shape index (κ1) is 20.9. The molecule has 158 valence electrons. The van der Waals surface area contributed by atoms with Crippen molar-refractivity contribution in [1.82, 2.24) is 14.5 Å². The summed E-state index contributed by atoms with van der Waals surface area (Å²) in [6, 6.07) is 17.7. The number of hydrogen-bond acceptors (Lipinski definition) is 5. The van der Waals surface area contributed by atoms with E-state index >= 15 is 0 Å². The molecule has 2 aromatic carbocycles. The lowest BCUT2D eigenvalue weighted by atomic mass is 10.2. The monoisotopic (exact) mass is 443 g/mol. The Hall–Kier alpha value is -2.32. The van der Waals surface area contributed by atoms with Crippen molar-refractivity contribution >= 4 is 38.5 Å². The normalized spacial score (nSPS) is 18.0. The Morgan fingerprint density at radius 3 is 2.60 bits per heavy atom. The molecule has 1 aliphatic rings. The lowest BCUT2D eigenvalue weighted by molar-refractivity contribution is -0.130. The SMILES string of the molecule is CCCN(C(=O)CSc1nc2ccccc2n1-c1ccccc1)[C@@H]1CCS(=O)(=O)C1. The van der Waals surface area contributed by atoms with Crippen LogP contribution in [0.1, 0.15) is 19.8 Å². The summed E-state index contributed by atoms with van der Waals surface area (Å²) in [5, 5.41) is 0.756. The van der Waals surface area contributed by atoms with Crippen LogP contribution in [0.3, 0.4) is 0 Å². The van der Waals surface area contributed by atoms with E-state index < -0.39 is 9.84 Å². The molecule has 1 atom stereocenters. The second-order valence-corrected chi connectivity index (χ2v) is 10.7. The van der Waals surface area contributed by atoms with Gasteiger partial charge in [0.2, 0.25) is 5.91 Å². The van der Waals surface area contributed by atoms with Crippen LogP contribution in [0.15, 0.2) is 59.8 Å². The summed E-state index contributed by atoms with van der Waals surface area (Å²) in [7, 11) is -3.04. The van der Waals surface area contributed by atoms with Crippen LogP contribution in [0.4, 0.5) is 0 Å². The summed E-state index contributed by atoms with van der Waals surface area (Å²) >= 11 is 1.40. The van der Waals surface area contributed by atoms with Crippen molar-refractivity contribution in [2.75, 3.05) is 23.8 Å².